The van der Waals surface area contributed by atoms with Gasteiger partial charge in [0.1, 0.15) is 13.2 Å². The molecule has 0 aliphatic rings. The average Bonchev–Trinajstić information content (AvgIpc) is 3.33. The zero-order chi connectivity index (χ0) is 48.6. The molecule has 6 nitrogen and oxygen atoms in total. The molecule has 67 heavy (non-hydrogen) atoms. The Kier molecular flexibility index (Phi) is 55.2. The number of hydrogen-bond donors (Lipinski definition) is 0. The van der Waals surface area contributed by atoms with Crippen LogP contribution in [0.25, 0.3) is 0 Å². The minimum absolute atomic E-state index is 0.0673. The fraction of sp³-hybridized carbons (Fsp3) is 0.918. The van der Waals surface area contributed by atoms with Crippen LogP contribution in [0.4, 0.5) is 0 Å². The quantitative estimate of drug-likeness (QED) is 0.0262. The number of carbonyl (C=O) groups is 3. The van der Waals surface area contributed by atoms with E-state index in [1.165, 1.54) is 238 Å². The third-order valence-corrected chi connectivity index (χ3v) is 13.8. The van der Waals surface area contributed by atoms with Gasteiger partial charge >= 0.3 is 17.9 Å². The highest BCUT2D eigenvalue weighted by Gasteiger charge is 2.19. The smallest absolute Gasteiger partial charge is 0.306 e. The highest BCUT2D eigenvalue weighted by molar-refractivity contribution is 5.71. The van der Waals surface area contributed by atoms with Gasteiger partial charge in [-0.2, -0.15) is 0 Å². The van der Waals surface area contributed by atoms with Crippen molar-refractivity contribution in [3.05, 3.63) is 12.2 Å². The second kappa shape index (κ2) is 56.7. The van der Waals surface area contributed by atoms with Crippen LogP contribution in [0.1, 0.15) is 342 Å². The summed E-state index contributed by atoms with van der Waals surface area (Å²) in [5, 5.41) is 0. The molecule has 0 unspecified atom stereocenters. The molecular weight excluding hydrogens is 829 g/mol. The summed E-state index contributed by atoms with van der Waals surface area (Å²) in [6.07, 6.45) is 65.0. The van der Waals surface area contributed by atoms with Crippen molar-refractivity contribution in [1.82, 2.24) is 0 Å². The summed E-state index contributed by atoms with van der Waals surface area (Å²) in [5.41, 5.74) is 0. The standard InChI is InChI=1S/C61H116O6/c1-4-7-10-13-16-19-22-25-27-28-29-30-31-32-34-37-39-42-45-48-51-54-60(63)66-57-58(67-61(64)55-52-49-46-43-40-35-24-21-18-15-12-9-6-3)56-65-59(62)53-50-47-44-41-38-36-33-26-23-20-17-14-11-8-5-2/h21,24,58H,4-20,22-23,25-57H2,1-3H3/b24-21-/t58-/m0/s1. The predicted octanol–water partition coefficient (Wildman–Crippen LogP) is 20.1. The first kappa shape index (κ1) is 65.1. The van der Waals surface area contributed by atoms with E-state index in [4.69, 9.17) is 14.2 Å². The van der Waals surface area contributed by atoms with Crippen LogP contribution in [-0.4, -0.2) is 37.2 Å². The molecule has 0 aromatic rings. The molecule has 0 heterocycles. The van der Waals surface area contributed by atoms with Gasteiger partial charge in [-0.1, -0.05) is 290 Å². The predicted molar refractivity (Wildman–Crippen MR) is 289 cm³/mol. The van der Waals surface area contributed by atoms with Gasteiger partial charge < -0.3 is 14.2 Å². The molecule has 0 spiro atoms. The van der Waals surface area contributed by atoms with Gasteiger partial charge in [0, 0.05) is 19.3 Å². The molecule has 0 radical (unpaired) electrons. The van der Waals surface area contributed by atoms with Crippen LogP contribution in [0.15, 0.2) is 12.2 Å². The molecule has 0 N–H and O–H groups in total. The SMILES string of the molecule is CCCCCC/C=C\CCCCCCCC(=O)O[C@@H](COC(=O)CCCCCCCCCCCCCCCCC)COC(=O)CCCCCCCCCCCCCCCCCCCCCCC. The topological polar surface area (TPSA) is 78.9 Å². The first-order chi connectivity index (χ1) is 33.0. The Hall–Kier alpha value is -1.85. The molecule has 0 bridgehead atoms. The van der Waals surface area contributed by atoms with Crippen molar-refractivity contribution in [1.29, 1.82) is 0 Å². The Morgan fingerprint density at radius 3 is 0.761 bits per heavy atom. The molecule has 1 atom stereocenters. The highest BCUT2D eigenvalue weighted by Crippen LogP contribution is 2.18. The lowest BCUT2D eigenvalue weighted by Crippen LogP contribution is -2.30. The number of unbranched alkanes of at least 4 members (excludes halogenated alkanes) is 43. The van der Waals surface area contributed by atoms with Crippen molar-refractivity contribution in [2.75, 3.05) is 13.2 Å². The van der Waals surface area contributed by atoms with Gasteiger partial charge in [0.15, 0.2) is 6.10 Å². The molecule has 0 fully saturated rings. The van der Waals surface area contributed by atoms with Crippen LogP contribution in [-0.2, 0) is 28.6 Å². The number of ether oxygens (including phenoxy) is 3. The van der Waals surface area contributed by atoms with Gasteiger partial charge in [-0.05, 0) is 44.9 Å². The largest absolute Gasteiger partial charge is 0.462 e. The highest BCUT2D eigenvalue weighted by atomic mass is 16.6. The lowest BCUT2D eigenvalue weighted by molar-refractivity contribution is -0.167. The van der Waals surface area contributed by atoms with Gasteiger partial charge in [-0.25, -0.2) is 0 Å². The minimum Gasteiger partial charge on any atom is -0.462 e. The Bertz CT molecular complexity index is 1040. The normalized spacial score (nSPS) is 12.0. The first-order valence-electron chi connectivity index (χ1n) is 30.2. The molecule has 0 saturated carbocycles. The monoisotopic (exact) mass is 945 g/mol. The number of allylic oxidation sites excluding steroid dienone is 2. The Morgan fingerprint density at radius 1 is 0.284 bits per heavy atom. The van der Waals surface area contributed by atoms with E-state index in [2.05, 4.69) is 32.9 Å². The van der Waals surface area contributed by atoms with Crippen molar-refractivity contribution in [2.45, 2.75) is 348 Å². The maximum atomic E-state index is 12.8. The molecule has 0 aromatic heterocycles. The van der Waals surface area contributed by atoms with E-state index in [9.17, 15) is 14.4 Å². The molecule has 0 saturated heterocycles. The number of rotatable bonds is 56. The van der Waals surface area contributed by atoms with E-state index < -0.39 is 6.10 Å². The maximum Gasteiger partial charge on any atom is 0.306 e. The summed E-state index contributed by atoms with van der Waals surface area (Å²) < 4.78 is 16.9. The Labute approximate surface area is 418 Å². The van der Waals surface area contributed by atoms with E-state index in [0.717, 1.165) is 64.2 Å². The molecule has 6 heteroatoms. The fourth-order valence-corrected chi connectivity index (χ4v) is 9.21. The van der Waals surface area contributed by atoms with Crippen molar-refractivity contribution < 1.29 is 28.6 Å². The van der Waals surface area contributed by atoms with E-state index in [-0.39, 0.29) is 31.1 Å². The van der Waals surface area contributed by atoms with E-state index >= 15 is 0 Å². The summed E-state index contributed by atoms with van der Waals surface area (Å²) >= 11 is 0. The van der Waals surface area contributed by atoms with Crippen LogP contribution in [0.2, 0.25) is 0 Å². The van der Waals surface area contributed by atoms with Crippen molar-refractivity contribution in [3.63, 3.8) is 0 Å². The van der Waals surface area contributed by atoms with Crippen molar-refractivity contribution in [3.8, 4) is 0 Å². The Balaban J connectivity index is 4.25. The summed E-state index contributed by atoms with van der Waals surface area (Å²) in [4.78, 5) is 38.2. The molecule has 0 aromatic carbocycles. The van der Waals surface area contributed by atoms with Gasteiger partial charge in [-0.15, -0.1) is 0 Å². The molecular formula is C61H116O6. The third-order valence-electron chi connectivity index (χ3n) is 13.8. The summed E-state index contributed by atoms with van der Waals surface area (Å²) in [6.45, 7) is 6.68. The fourth-order valence-electron chi connectivity index (χ4n) is 9.21. The number of esters is 3. The van der Waals surface area contributed by atoms with E-state index in [1.54, 1.807) is 0 Å². The van der Waals surface area contributed by atoms with Crippen LogP contribution >= 0.6 is 0 Å². The van der Waals surface area contributed by atoms with Gasteiger partial charge in [0.2, 0.25) is 0 Å². The zero-order valence-electron chi connectivity index (χ0n) is 45.5. The lowest BCUT2D eigenvalue weighted by atomic mass is 10.0. The zero-order valence-corrected chi connectivity index (χ0v) is 45.5. The third kappa shape index (κ3) is 55.0. The van der Waals surface area contributed by atoms with Crippen LogP contribution in [0.5, 0.6) is 0 Å². The van der Waals surface area contributed by atoms with Crippen LogP contribution in [0.3, 0.4) is 0 Å². The molecule has 0 rings (SSSR count). The summed E-state index contributed by atoms with van der Waals surface area (Å²) in [6, 6.07) is 0. The summed E-state index contributed by atoms with van der Waals surface area (Å²) in [5.74, 6) is -0.850. The number of hydrogen-bond acceptors (Lipinski definition) is 6. The second-order valence-corrected chi connectivity index (χ2v) is 20.6. The van der Waals surface area contributed by atoms with E-state index in [0.29, 0.717) is 19.3 Å². The Morgan fingerprint density at radius 2 is 0.493 bits per heavy atom. The second-order valence-electron chi connectivity index (χ2n) is 20.6. The van der Waals surface area contributed by atoms with Crippen molar-refractivity contribution >= 4 is 17.9 Å². The average molecular weight is 946 g/mol. The van der Waals surface area contributed by atoms with Crippen LogP contribution < -0.4 is 0 Å². The molecule has 0 aliphatic carbocycles. The maximum absolute atomic E-state index is 12.8. The van der Waals surface area contributed by atoms with Gasteiger partial charge in [0.25, 0.3) is 0 Å². The summed E-state index contributed by atoms with van der Waals surface area (Å²) in [7, 11) is 0. The molecule has 0 amide bonds. The van der Waals surface area contributed by atoms with Gasteiger partial charge in [0.05, 0.1) is 0 Å². The van der Waals surface area contributed by atoms with Gasteiger partial charge in [-0.3, -0.25) is 14.4 Å². The van der Waals surface area contributed by atoms with E-state index in [1.807, 2.05) is 0 Å². The van der Waals surface area contributed by atoms with Crippen LogP contribution in [0, 0.1) is 0 Å². The minimum atomic E-state index is -0.769. The molecule has 0 aliphatic heterocycles. The molecule has 396 valence electrons. The lowest BCUT2D eigenvalue weighted by Gasteiger charge is -2.18. The van der Waals surface area contributed by atoms with Crippen molar-refractivity contribution in [2.24, 2.45) is 0 Å². The number of carbonyl (C=O) groups excluding carboxylic acids is 3. The first-order valence-corrected chi connectivity index (χ1v) is 30.2.